The molecule has 0 aromatic heterocycles. The first-order chi connectivity index (χ1) is 9.26. The van der Waals surface area contributed by atoms with Crippen molar-refractivity contribution in [1.29, 1.82) is 0 Å². The molecule has 0 heterocycles. The van der Waals surface area contributed by atoms with E-state index in [9.17, 15) is 9.59 Å². The Hall–Kier alpha value is -1.20. The standard InChI is InChI=1S/C14H19ClN2O2S/c1-14(2,3)8-12(18)16-17-13(19)9-20-11-6-4-10(15)5-7-11/h4-7H,8-9H2,1-3H3,(H,16,18)(H,17,19). The van der Waals surface area contributed by atoms with Crippen LogP contribution < -0.4 is 10.9 Å². The Morgan fingerprint density at radius 3 is 2.20 bits per heavy atom. The summed E-state index contributed by atoms with van der Waals surface area (Å²) in [5, 5.41) is 0.660. The molecule has 110 valence electrons. The zero-order chi connectivity index (χ0) is 15.2. The summed E-state index contributed by atoms with van der Waals surface area (Å²) in [5.41, 5.74) is 4.71. The topological polar surface area (TPSA) is 58.2 Å². The lowest BCUT2D eigenvalue weighted by Gasteiger charge is -2.17. The van der Waals surface area contributed by atoms with Gasteiger partial charge >= 0.3 is 0 Å². The van der Waals surface area contributed by atoms with Crippen molar-refractivity contribution in [3.05, 3.63) is 29.3 Å². The Kier molecular flexibility index (Phi) is 6.36. The van der Waals surface area contributed by atoms with Crippen molar-refractivity contribution >= 4 is 35.2 Å². The summed E-state index contributed by atoms with van der Waals surface area (Å²) in [6.07, 6.45) is 0.359. The van der Waals surface area contributed by atoms with E-state index in [1.807, 2.05) is 32.9 Å². The minimum Gasteiger partial charge on any atom is -0.273 e. The fourth-order valence-electron chi connectivity index (χ4n) is 1.38. The second-order valence-electron chi connectivity index (χ2n) is 5.58. The van der Waals surface area contributed by atoms with E-state index in [0.29, 0.717) is 11.4 Å². The van der Waals surface area contributed by atoms with E-state index in [1.165, 1.54) is 11.8 Å². The molecule has 6 heteroatoms. The van der Waals surface area contributed by atoms with Crippen LogP contribution in [0.25, 0.3) is 0 Å². The fraction of sp³-hybridized carbons (Fsp3) is 0.429. The Morgan fingerprint density at radius 2 is 1.65 bits per heavy atom. The van der Waals surface area contributed by atoms with Gasteiger partial charge in [-0.15, -0.1) is 11.8 Å². The SMILES string of the molecule is CC(C)(C)CC(=O)NNC(=O)CSc1ccc(Cl)cc1. The lowest BCUT2D eigenvalue weighted by atomic mass is 9.92. The van der Waals surface area contributed by atoms with Crippen molar-refractivity contribution in [3.8, 4) is 0 Å². The maximum Gasteiger partial charge on any atom is 0.248 e. The highest BCUT2D eigenvalue weighted by atomic mass is 35.5. The monoisotopic (exact) mass is 314 g/mol. The average molecular weight is 315 g/mol. The molecule has 0 saturated carbocycles. The lowest BCUT2D eigenvalue weighted by Crippen LogP contribution is -2.43. The molecule has 2 amide bonds. The molecule has 20 heavy (non-hydrogen) atoms. The maximum atomic E-state index is 11.6. The van der Waals surface area contributed by atoms with Gasteiger partial charge < -0.3 is 0 Å². The van der Waals surface area contributed by atoms with Crippen molar-refractivity contribution in [2.24, 2.45) is 5.41 Å². The van der Waals surface area contributed by atoms with Gasteiger partial charge in [-0.05, 0) is 29.7 Å². The molecule has 0 radical (unpaired) electrons. The van der Waals surface area contributed by atoms with E-state index in [0.717, 1.165) is 4.90 Å². The minimum absolute atomic E-state index is 0.104. The van der Waals surface area contributed by atoms with Crippen LogP contribution in [0.15, 0.2) is 29.2 Å². The molecule has 0 aliphatic carbocycles. The number of carbonyl (C=O) groups excluding carboxylic acids is 2. The van der Waals surface area contributed by atoms with Crippen LogP contribution >= 0.6 is 23.4 Å². The first-order valence-electron chi connectivity index (χ1n) is 6.22. The van der Waals surface area contributed by atoms with Gasteiger partial charge in [-0.3, -0.25) is 20.4 Å². The summed E-state index contributed by atoms with van der Waals surface area (Å²) in [4.78, 5) is 24.1. The van der Waals surface area contributed by atoms with Gasteiger partial charge in [0.2, 0.25) is 11.8 Å². The van der Waals surface area contributed by atoms with E-state index in [1.54, 1.807) is 12.1 Å². The first kappa shape index (κ1) is 16.9. The van der Waals surface area contributed by atoms with Crippen molar-refractivity contribution in [2.45, 2.75) is 32.1 Å². The number of thioether (sulfide) groups is 1. The number of carbonyl (C=O) groups is 2. The van der Waals surface area contributed by atoms with Crippen LogP contribution in [-0.2, 0) is 9.59 Å². The minimum atomic E-state index is -0.243. The van der Waals surface area contributed by atoms with Crippen LogP contribution in [0.5, 0.6) is 0 Å². The molecule has 1 aromatic rings. The van der Waals surface area contributed by atoms with Crippen LogP contribution in [-0.4, -0.2) is 17.6 Å². The second kappa shape index (κ2) is 7.55. The Balaban J connectivity index is 2.27. The normalized spacial score (nSPS) is 11.0. The molecule has 0 fully saturated rings. The second-order valence-corrected chi connectivity index (χ2v) is 7.06. The summed E-state index contributed by atoms with van der Waals surface area (Å²) in [5.74, 6) is -0.202. The number of halogens is 1. The third-order valence-electron chi connectivity index (χ3n) is 2.22. The smallest absolute Gasteiger partial charge is 0.248 e. The van der Waals surface area contributed by atoms with Gasteiger partial charge in [0, 0.05) is 16.3 Å². The van der Waals surface area contributed by atoms with Gasteiger partial charge in [0.25, 0.3) is 0 Å². The Labute approximate surface area is 128 Å². The zero-order valence-electron chi connectivity index (χ0n) is 11.8. The quantitative estimate of drug-likeness (QED) is 0.663. The predicted octanol–water partition coefficient (Wildman–Crippen LogP) is 3.02. The van der Waals surface area contributed by atoms with Gasteiger partial charge in [0.05, 0.1) is 5.75 Å². The van der Waals surface area contributed by atoms with Crippen LogP contribution in [0, 0.1) is 5.41 Å². The van der Waals surface area contributed by atoms with Gasteiger partial charge in [-0.1, -0.05) is 32.4 Å². The summed E-state index contributed by atoms with van der Waals surface area (Å²) in [6, 6.07) is 7.23. The molecule has 0 bridgehead atoms. The maximum absolute atomic E-state index is 11.6. The fourth-order valence-corrected chi connectivity index (χ4v) is 2.21. The molecule has 2 N–H and O–H groups in total. The van der Waals surface area contributed by atoms with Crippen LogP contribution in [0.2, 0.25) is 5.02 Å². The molecule has 4 nitrogen and oxygen atoms in total. The number of benzene rings is 1. The van der Waals surface area contributed by atoms with Gasteiger partial charge in [-0.25, -0.2) is 0 Å². The van der Waals surface area contributed by atoms with Crippen molar-refractivity contribution in [3.63, 3.8) is 0 Å². The molecule has 0 aliphatic heterocycles. The molecule has 0 saturated heterocycles. The van der Waals surface area contributed by atoms with E-state index >= 15 is 0 Å². The summed E-state index contributed by atoms with van der Waals surface area (Å²) < 4.78 is 0. The number of amides is 2. The molecule has 0 spiro atoms. The van der Waals surface area contributed by atoms with E-state index in [2.05, 4.69) is 10.9 Å². The van der Waals surface area contributed by atoms with E-state index in [-0.39, 0.29) is 23.0 Å². The number of rotatable bonds is 4. The third-order valence-corrected chi connectivity index (χ3v) is 3.48. The molecule has 0 atom stereocenters. The van der Waals surface area contributed by atoms with Crippen LogP contribution in [0.1, 0.15) is 27.2 Å². The summed E-state index contributed by atoms with van der Waals surface area (Å²) >= 11 is 7.16. The highest BCUT2D eigenvalue weighted by Crippen LogP contribution is 2.20. The highest BCUT2D eigenvalue weighted by molar-refractivity contribution is 8.00. The van der Waals surface area contributed by atoms with Crippen LogP contribution in [0.4, 0.5) is 0 Å². The number of hydrazine groups is 1. The van der Waals surface area contributed by atoms with Gasteiger partial charge in [-0.2, -0.15) is 0 Å². The molecule has 1 aromatic carbocycles. The zero-order valence-corrected chi connectivity index (χ0v) is 13.4. The van der Waals surface area contributed by atoms with E-state index < -0.39 is 0 Å². The predicted molar refractivity (Wildman–Crippen MR) is 82.5 cm³/mol. The molecule has 0 unspecified atom stereocenters. The van der Waals surface area contributed by atoms with Gasteiger partial charge in [0.1, 0.15) is 0 Å². The highest BCUT2D eigenvalue weighted by Gasteiger charge is 2.16. The Bertz CT molecular complexity index is 469. The van der Waals surface area contributed by atoms with Crippen LogP contribution in [0.3, 0.4) is 0 Å². The number of hydrogen-bond acceptors (Lipinski definition) is 3. The van der Waals surface area contributed by atoms with Crippen molar-refractivity contribution in [2.75, 3.05) is 5.75 Å². The summed E-state index contributed by atoms with van der Waals surface area (Å²) in [6.45, 7) is 5.89. The Morgan fingerprint density at radius 1 is 1.10 bits per heavy atom. The first-order valence-corrected chi connectivity index (χ1v) is 7.59. The third kappa shape index (κ3) is 7.40. The molecular weight excluding hydrogens is 296 g/mol. The lowest BCUT2D eigenvalue weighted by molar-refractivity contribution is -0.128. The molecule has 0 aliphatic rings. The van der Waals surface area contributed by atoms with Crippen molar-refractivity contribution in [1.82, 2.24) is 10.9 Å². The van der Waals surface area contributed by atoms with Gasteiger partial charge in [0.15, 0.2) is 0 Å². The molecule has 1 rings (SSSR count). The van der Waals surface area contributed by atoms with Crippen molar-refractivity contribution < 1.29 is 9.59 Å². The molecular formula is C14H19ClN2O2S. The van der Waals surface area contributed by atoms with E-state index in [4.69, 9.17) is 11.6 Å². The summed E-state index contributed by atoms with van der Waals surface area (Å²) in [7, 11) is 0. The largest absolute Gasteiger partial charge is 0.273 e. The number of nitrogens with one attached hydrogen (secondary N) is 2. The average Bonchev–Trinajstić information content (AvgIpc) is 2.33. The number of hydrogen-bond donors (Lipinski definition) is 2.